The number of halogens is 2. The Balaban J connectivity index is 2.39. The van der Waals surface area contributed by atoms with Crippen LogP contribution >= 0.6 is 22.9 Å². The third-order valence-corrected chi connectivity index (χ3v) is 5.58. The van der Waals surface area contributed by atoms with E-state index in [0.29, 0.717) is 5.56 Å². The number of thiazole rings is 1. The second-order valence-electron chi connectivity index (χ2n) is 3.93. The molecule has 0 spiro atoms. The summed E-state index contributed by atoms with van der Waals surface area (Å²) in [7, 11) is -3.88. The van der Waals surface area contributed by atoms with Crippen molar-refractivity contribution < 1.29 is 12.8 Å². The Morgan fingerprint density at radius 2 is 2.05 bits per heavy atom. The molecule has 1 aromatic heterocycles. The second kappa shape index (κ2) is 5.07. The van der Waals surface area contributed by atoms with Crippen LogP contribution in [0.1, 0.15) is 11.3 Å². The summed E-state index contributed by atoms with van der Waals surface area (Å²) in [5.41, 5.74) is 0.891. The molecule has 8 heteroatoms. The maximum absolute atomic E-state index is 13.6. The van der Waals surface area contributed by atoms with Crippen LogP contribution in [0.3, 0.4) is 0 Å². The summed E-state index contributed by atoms with van der Waals surface area (Å²) in [6, 6.07) is 4.25. The van der Waals surface area contributed by atoms with Gasteiger partial charge in [0.1, 0.15) is 5.82 Å². The minimum absolute atomic E-state index is 0.0162. The molecule has 0 atom stereocenters. The highest BCUT2D eigenvalue weighted by Crippen LogP contribution is 2.29. The van der Waals surface area contributed by atoms with Crippen LogP contribution in [0, 0.1) is 19.7 Å². The van der Waals surface area contributed by atoms with E-state index in [0.717, 1.165) is 11.3 Å². The van der Waals surface area contributed by atoms with Crippen molar-refractivity contribution in [3.05, 3.63) is 39.7 Å². The van der Waals surface area contributed by atoms with Gasteiger partial charge in [0, 0.05) is 0 Å². The third-order valence-electron chi connectivity index (χ3n) is 2.34. The Hall–Kier alpha value is -1.18. The van der Waals surface area contributed by atoms with Crippen LogP contribution in [0.4, 0.5) is 10.1 Å². The maximum Gasteiger partial charge on any atom is 0.273 e. The molecular weight excluding hydrogens is 311 g/mol. The fraction of sp³-hybridized carbons (Fsp3) is 0.182. The average Bonchev–Trinajstić information content (AvgIpc) is 2.63. The van der Waals surface area contributed by atoms with E-state index in [9.17, 15) is 12.8 Å². The topological polar surface area (TPSA) is 59.1 Å². The number of benzene rings is 1. The van der Waals surface area contributed by atoms with Crippen molar-refractivity contribution >= 4 is 38.6 Å². The Morgan fingerprint density at radius 1 is 1.37 bits per heavy atom. The zero-order valence-corrected chi connectivity index (χ0v) is 12.5. The van der Waals surface area contributed by atoms with Crippen LogP contribution in [-0.2, 0) is 10.0 Å². The van der Waals surface area contributed by atoms with Crippen LogP contribution in [0.2, 0.25) is 4.47 Å². The summed E-state index contributed by atoms with van der Waals surface area (Å²) in [5.74, 6) is -0.628. The molecule has 1 aromatic carbocycles. The molecule has 102 valence electrons. The second-order valence-corrected chi connectivity index (χ2v) is 7.39. The highest BCUT2D eigenvalue weighted by atomic mass is 35.5. The van der Waals surface area contributed by atoms with Gasteiger partial charge in [0.25, 0.3) is 10.0 Å². The van der Waals surface area contributed by atoms with Crippen molar-refractivity contribution in [2.75, 3.05) is 4.72 Å². The summed E-state index contributed by atoms with van der Waals surface area (Å²) in [5, 5.41) is 0. The molecule has 0 unspecified atom stereocenters. The average molecular weight is 321 g/mol. The maximum atomic E-state index is 13.6. The Kier molecular flexibility index (Phi) is 3.80. The van der Waals surface area contributed by atoms with Crippen LogP contribution in [0.25, 0.3) is 0 Å². The lowest BCUT2D eigenvalue weighted by molar-refractivity contribution is 0.599. The van der Waals surface area contributed by atoms with Crippen molar-refractivity contribution in [3.63, 3.8) is 0 Å². The highest BCUT2D eigenvalue weighted by molar-refractivity contribution is 7.94. The Labute approximate surface area is 119 Å². The van der Waals surface area contributed by atoms with Gasteiger partial charge >= 0.3 is 0 Å². The molecule has 0 saturated heterocycles. The molecule has 0 amide bonds. The number of nitrogens with one attached hydrogen (secondary N) is 1. The smallest absolute Gasteiger partial charge is 0.273 e. The first-order valence-electron chi connectivity index (χ1n) is 5.21. The molecule has 19 heavy (non-hydrogen) atoms. The fourth-order valence-electron chi connectivity index (χ4n) is 1.49. The first-order valence-corrected chi connectivity index (χ1v) is 7.89. The van der Waals surface area contributed by atoms with E-state index < -0.39 is 15.8 Å². The molecule has 0 aliphatic rings. The van der Waals surface area contributed by atoms with Crippen molar-refractivity contribution in [2.45, 2.75) is 18.1 Å². The zero-order chi connectivity index (χ0) is 14.2. The lowest BCUT2D eigenvalue weighted by Crippen LogP contribution is -2.13. The highest BCUT2D eigenvalue weighted by Gasteiger charge is 2.22. The third kappa shape index (κ3) is 3.05. The largest absolute Gasteiger partial charge is 0.276 e. The first kappa shape index (κ1) is 14.2. The Bertz CT molecular complexity index is 728. The van der Waals surface area contributed by atoms with Crippen molar-refractivity contribution in [1.29, 1.82) is 0 Å². The molecule has 2 rings (SSSR count). The molecule has 0 fully saturated rings. The van der Waals surface area contributed by atoms with Gasteiger partial charge < -0.3 is 0 Å². The summed E-state index contributed by atoms with van der Waals surface area (Å²) < 4.78 is 40.2. The summed E-state index contributed by atoms with van der Waals surface area (Å²) in [6.07, 6.45) is 0. The van der Waals surface area contributed by atoms with Gasteiger partial charge in [-0.1, -0.05) is 29.0 Å². The monoisotopic (exact) mass is 320 g/mol. The Morgan fingerprint density at radius 3 is 2.58 bits per heavy atom. The number of sulfonamides is 1. The predicted octanol–water partition coefficient (Wildman–Crippen LogP) is 3.35. The lowest BCUT2D eigenvalue weighted by Gasteiger charge is -2.08. The normalized spacial score (nSPS) is 11.6. The van der Waals surface area contributed by atoms with E-state index in [-0.39, 0.29) is 20.1 Å². The van der Waals surface area contributed by atoms with Gasteiger partial charge in [-0.15, -0.1) is 0 Å². The number of anilines is 1. The van der Waals surface area contributed by atoms with E-state index in [1.165, 1.54) is 19.1 Å². The predicted molar refractivity (Wildman–Crippen MR) is 73.8 cm³/mol. The molecule has 2 aromatic rings. The van der Waals surface area contributed by atoms with Crippen LogP contribution in [-0.4, -0.2) is 13.4 Å². The molecule has 0 saturated carbocycles. The molecule has 1 heterocycles. The number of aryl methyl sites for hydroxylation is 2. The molecule has 4 nitrogen and oxygen atoms in total. The molecule has 0 radical (unpaired) electrons. The number of aromatic nitrogens is 1. The minimum Gasteiger partial charge on any atom is -0.276 e. The zero-order valence-electron chi connectivity index (χ0n) is 10.1. The number of nitrogens with zero attached hydrogens (tertiary/aromatic N) is 1. The van der Waals surface area contributed by atoms with E-state index in [4.69, 9.17) is 11.6 Å². The van der Waals surface area contributed by atoms with Crippen molar-refractivity contribution in [2.24, 2.45) is 0 Å². The van der Waals surface area contributed by atoms with E-state index in [2.05, 4.69) is 9.71 Å². The van der Waals surface area contributed by atoms with Gasteiger partial charge in [0.2, 0.25) is 0 Å². The van der Waals surface area contributed by atoms with Crippen LogP contribution in [0.5, 0.6) is 0 Å². The SMILES string of the molecule is Cc1ccc(NS(=O)(=O)c2sc(Cl)nc2C)c(F)c1. The van der Waals surface area contributed by atoms with Crippen molar-refractivity contribution in [1.82, 2.24) is 4.98 Å². The fourth-order valence-corrected chi connectivity index (χ4v) is 4.30. The van der Waals surface area contributed by atoms with Gasteiger partial charge in [-0.3, -0.25) is 4.72 Å². The van der Waals surface area contributed by atoms with E-state index in [1.807, 2.05) is 0 Å². The van der Waals surface area contributed by atoms with E-state index >= 15 is 0 Å². The van der Waals surface area contributed by atoms with Crippen molar-refractivity contribution in [3.8, 4) is 0 Å². The van der Waals surface area contributed by atoms with Gasteiger partial charge in [0.15, 0.2) is 8.68 Å². The number of hydrogen-bond donors (Lipinski definition) is 1. The summed E-state index contributed by atoms with van der Waals surface area (Å²) in [4.78, 5) is 3.83. The number of rotatable bonds is 3. The number of hydrogen-bond acceptors (Lipinski definition) is 4. The van der Waals surface area contributed by atoms with Gasteiger partial charge in [-0.05, 0) is 31.5 Å². The molecular formula is C11H10ClFN2O2S2. The van der Waals surface area contributed by atoms with Crippen LogP contribution < -0.4 is 4.72 Å². The lowest BCUT2D eigenvalue weighted by atomic mass is 10.2. The van der Waals surface area contributed by atoms with Gasteiger partial charge in [-0.2, -0.15) is 0 Å². The summed E-state index contributed by atoms with van der Waals surface area (Å²) >= 11 is 6.50. The van der Waals surface area contributed by atoms with Gasteiger partial charge in [0.05, 0.1) is 11.4 Å². The minimum atomic E-state index is -3.88. The molecule has 0 aliphatic carbocycles. The molecule has 1 N–H and O–H groups in total. The standard InChI is InChI=1S/C11H10ClFN2O2S2/c1-6-3-4-9(8(13)5-6)15-19(16,17)10-7(2)14-11(12)18-10/h3-5,15H,1-2H3. The van der Waals surface area contributed by atoms with Gasteiger partial charge in [-0.25, -0.2) is 17.8 Å². The molecule has 0 aliphatic heterocycles. The first-order chi connectivity index (χ1) is 8.79. The van der Waals surface area contributed by atoms with E-state index in [1.54, 1.807) is 13.0 Å². The van der Waals surface area contributed by atoms with Crippen LogP contribution in [0.15, 0.2) is 22.4 Å². The summed E-state index contributed by atoms with van der Waals surface area (Å²) in [6.45, 7) is 3.25. The molecule has 0 bridgehead atoms. The quantitative estimate of drug-likeness (QED) is 0.943.